The van der Waals surface area contributed by atoms with Crippen molar-refractivity contribution in [3.05, 3.63) is 49.2 Å². The molecule has 1 unspecified atom stereocenters. The third kappa shape index (κ3) is 2.46. The Balaban J connectivity index is 1.51. The highest BCUT2D eigenvalue weighted by atomic mass is 15.4. The monoisotopic (exact) mass is 400 g/mol. The lowest BCUT2D eigenvalue weighted by molar-refractivity contribution is 0.341. The zero-order valence-electron chi connectivity index (χ0n) is 16.5. The zero-order valence-corrected chi connectivity index (χ0v) is 16.5. The second-order valence-corrected chi connectivity index (χ2v) is 7.55. The van der Waals surface area contributed by atoms with Crippen LogP contribution in [0.15, 0.2) is 43.4 Å². The molecule has 0 spiro atoms. The van der Waals surface area contributed by atoms with Crippen molar-refractivity contribution >= 4 is 5.82 Å². The molecule has 150 valence electrons. The van der Waals surface area contributed by atoms with E-state index in [0.29, 0.717) is 23.6 Å². The molecular weight excluding hydrogens is 380 g/mol. The van der Waals surface area contributed by atoms with E-state index in [1.54, 1.807) is 31.0 Å². The minimum Gasteiger partial charge on any atom is -0.341 e. The minimum absolute atomic E-state index is 0.146. The summed E-state index contributed by atoms with van der Waals surface area (Å²) in [6.45, 7) is 2.18. The van der Waals surface area contributed by atoms with E-state index in [0.717, 1.165) is 36.6 Å². The molecule has 4 aromatic rings. The minimum atomic E-state index is 0.146. The maximum absolute atomic E-state index is 5.01. The number of anilines is 1. The number of nitrogens with zero attached hydrogens (tertiary/aromatic N) is 10. The van der Waals surface area contributed by atoms with E-state index in [1.165, 1.54) is 6.42 Å². The Kier molecular flexibility index (Phi) is 3.83. The Morgan fingerprint density at radius 1 is 1.03 bits per heavy atom. The van der Waals surface area contributed by atoms with Gasteiger partial charge >= 0.3 is 0 Å². The predicted octanol–water partition coefficient (Wildman–Crippen LogP) is 2.52. The molecule has 0 saturated heterocycles. The predicted molar refractivity (Wildman–Crippen MR) is 108 cm³/mol. The van der Waals surface area contributed by atoms with Crippen LogP contribution in [-0.2, 0) is 0 Å². The lowest BCUT2D eigenvalue weighted by Gasteiger charge is -2.45. The molecule has 1 aliphatic carbocycles. The van der Waals surface area contributed by atoms with Crippen LogP contribution in [0.2, 0.25) is 0 Å². The van der Waals surface area contributed by atoms with Crippen molar-refractivity contribution < 1.29 is 0 Å². The summed E-state index contributed by atoms with van der Waals surface area (Å²) >= 11 is 0. The van der Waals surface area contributed by atoms with Gasteiger partial charge in [0.2, 0.25) is 5.95 Å². The number of aromatic nitrogens is 9. The van der Waals surface area contributed by atoms with Gasteiger partial charge in [0.05, 0.1) is 12.2 Å². The lowest BCUT2D eigenvalue weighted by Crippen LogP contribution is -2.46. The molecular formula is C20H20N10. The molecule has 10 nitrogen and oxygen atoms in total. The molecule has 0 radical (unpaired) electrons. The Morgan fingerprint density at radius 3 is 2.67 bits per heavy atom. The molecule has 30 heavy (non-hydrogen) atoms. The molecule has 1 saturated carbocycles. The van der Waals surface area contributed by atoms with E-state index in [4.69, 9.17) is 4.98 Å². The van der Waals surface area contributed by atoms with Crippen molar-refractivity contribution in [3.8, 4) is 23.3 Å². The molecule has 0 aromatic carbocycles. The highest BCUT2D eigenvalue weighted by Crippen LogP contribution is 2.43. The van der Waals surface area contributed by atoms with Gasteiger partial charge < -0.3 is 4.90 Å². The first-order valence-corrected chi connectivity index (χ1v) is 10.2. The third-order valence-corrected chi connectivity index (χ3v) is 5.93. The Morgan fingerprint density at radius 2 is 1.90 bits per heavy atom. The molecule has 1 fully saturated rings. The second kappa shape index (κ2) is 6.68. The van der Waals surface area contributed by atoms with Crippen molar-refractivity contribution in [3.63, 3.8) is 0 Å². The summed E-state index contributed by atoms with van der Waals surface area (Å²) < 4.78 is 3.84. The Bertz CT molecular complexity index is 1190. The number of hydrogen-bond donors (Lipinski definition) is 0. The molecule has 0 bridgehead atoms. The molecule has 1 atom stereocenters. The molecule has 0 amide bonds. The fourth-order valence-corrected chi connectivity index (χ4v) is 4.28. The zero-order chi connectivity index (χ0) is 20.1. The van der Waals surface area contributed by atoms with E-state index >= 15 is 0 Å². The van der Waals surface area contributed by atoms with Crippen LogP contribution in [0, 0.1) is 0 Å². The average molecular weight is 400 g/mol. The van der Waals surface area contributed by atoms with E-state index in [9.17, 15) is 0 Å². The molecule has 4 aromatic heterocycles. The molecule has 10 heteroatoms. The van der Waals surface area contributed by atoms with Gasteiger partial charge in [-0.25, -0.2) is 19.9 Å². The maximum Gasteiger partial charge on any atom is 0.237 e. The normalized spacial score (nSPS) is 18.0. The van der Waals surface area contributed by atoms with Gasteiger partial charge in [0.15, 0.2) is 23.3 Å². The molecule has 1 aliphatic heterocycles. The van der Waals surface area contributed by atoms with Gasteiger partial charge in [-0.05, 0) is 31.7 Å². The van der Waals surface area contributed by atoms with Gasteiger partial charge in [-0.2, -0.15) is 4.98 Å². The SMILES string of the molecule is CCC1c2nncn2-c2cnc(-n3ccnc3-c3ncccn3)nc2N1C1CCC1. The van der Waals surface area contributed by atoms with Crippen molar-refractivity contribution in [2.45, 2.75) is 44.7 Å². The highest BCUT2D eigenvalue weighted by molar-refractivity contribution is 5.63. The van der Waals surface area contributed by atoms with E-state index < -0.39 is 0 Å². The van der Waals surface area contributed by atoms with Crippen LogP contribution in [0.5, 0.6) is 0 Å². The Hall–Kier alpha value is -3.69. The molecule has 6 rings (SSSR count). The van der Waals surface area contributed by atoms with Crippen molar-refractivity contribution in [2.75, 3.05) is 4.90 Å². The highest BCUT2D eigenvalue weighted by Gasteiger charge is 2.39. The summed E-state index contributed by atoms with van der Waals surface area (Å²) in [7, 11) is 0. The number of imidazole rings is 1. The van der Waals surface area contributed by atoms with Gasteiger partial charge in [-0.3, -0.25) is 9.13 Å². The molecule has 5 heterocycles. The van der Waals surface area contributed by atoms with Gasteiger partial charge in [-0.1, -0.05) is 6.92 Å². The quantitative estimate of drug-likeness (QED) is 0.515. The second-order valence-electron chi connectivity index (χ2n) is 7.55. The summed E-state index contributed by atoms with van der Waals surface area (Å²) in [6.07, 6.45) is 15.1. The molecule has 2 aliphatic rings. The van der Waals surface area contributed by atoms with Crippen molar-refractivity contribution in [1.82, 2.24) is 44.3 Å². The topological polar surface area (TPSA) is 103 Å². The van der Waals surface area contributed by atoms with Gasteiger partial charge in [0.1, 0.15) is 12.0 Å². The third-order valence-electron chi connectivity index (χ3n) is 5.93. The van der Waals surface area contributed by atoms with Crippen LogP contribution in [0.1, 0.15) is 44.5 Å². The van der Waals surface area contributed by atoms with E-state index in [2.05, 4.69) is 42.0 Å². The fraction of sp³-hybridized carbons (Fsp3) is 0.350. The lowest BCUT2D eigenvalue weighted by atomic mass is 9.89. The summed E-state index contributed by atoms with van der Waals surface area (Å²) in [5.74, 6) is 3.56. The summed E-state index contributed by atoms with van der Waals surface area (Å²) in [5, 5.41) is 8.57. The number of fused-ring (bicyclic) bond motifs is 3. The largest absolute Gasteiger partial charge is 0.341 e. The molecule has 0 N–H and O–H groups in total. The van der Waals surface area contributed by atoms with Crippen LogP contribution in [0.4, 0.5) is 5.82 Å². The first-order chi connectivity index (χ1) is 14.8. The first-order valence-electron chi connectivity index (χ1n) is 10.2. The average Bonchev–Trinajstić information content (AvgIpc) is 3.43. The van der Waals surface area contributed by atoms with Gasteiger partial charge in [0.25, 0.3) is 0 Å². The van der Waals surface area contributed by atoms with Crippen LogP contribution >= 0.6 is 0 Å². The summed E-state index contributed by atoms with van der Waals surface area (Å²) in [6, 6.07) is 2.39. The standard InChI is InChI=1S/C20H20N10/c1-2-14-18-27-25-12-29(18)15-11-24-20(26-17(15)30(14)13-5-3-6-13)28-10-9-23-19(28)16-21-7-4-8-22-16/h4,7-14H,2-3,5-6H2,1H3. The maximum atomic E-state index is 5.01. The van der Waals surface area contributed by atoms with Crippen LogP contribution in [-0.4, -0.2) is 50.3 Å². The van der Waals surface area contributed by atoms with Gasteiger partial charge in [-0.15, -0.1) is 10.2 Å². The number of rotatable bonds is 4. The first kappa shape index (κ1) is 17.2. The van der Waals surface area contributed by atoms with Crippen LogP contribution < -0.4 is 4.90 Å². The van der Waals surface area contributed by atoms with E-state index in [1.807, 2.05) is 21.5 Å². The van der Waals surface area contributed by atoms with Crippen molar-refractivity contribution in [2.24, 2.45) is 0 Å². The van der Waals surface area contributed by atoms with Crippen LogP contribution in [0.25, 0.3) is 23.3 Å². The van der Waals surface area contributed by atoms with Crippen molar-refractivity contribution in [1.29, 1.82) is 0 Å². The fourth-order valence-electron chi connectivity index (χ4n) is 4.28. The Labute approximate surface area is 172 Å². The van der Waals surface area contributed by atoms with Crippen LogP contribution in [0.3, 0.4) is 0 Å². The summed E-state index contributed by atoms with van der Waals surface area (Å²) in [5.41, 5.74) is 0.910. The van der Waals surface area contributed by atoms with Gasteiger partial charge in [0, 0.05) is 30.8 Å². The summed E-state index contributed by atoms with van der Waals surface area (Å²) in [4.78, 5) is 25.2. The smallest absolute Gasteiger partial charge is 0.237 e. The number of hydrogen-bond acceptors (Lipinski definition) is 8. The van der Waals surface area contributed by atoms with E-state index in [-0.39, 0.29) is 6.04 Å².